The van der Waals surface area contributed by atoms with Crippen molar-refractivity contribution in [1.82, 2.24) is 4.90 Å². The van der Waals surface area contributed by atoms with Crippen LogP contribution < -0.4 is 9.62 Å². The molecule has 196 valence electrons. The molecule has 1 aliphatic heterocycles. The Morgan fingerprint density at radius 3 is 1.92 bits per heavy atom. The number of nitro benzene ring substituents is 1. The van der Waals surface area contributed by atoms with Gasteiger partial charge in [0.2, 0.25) is 5.91 Å². The van der Waals surface area contributed by atoms with Crippen molar-refractivity contribution in [2.75, 3.05) is 35.8 Å². The van der Waals surface area contributed by atoms with Crippen LogP contribution in [-0.4, -0.2) is 50.3 Å². The minimum atomic E-state index is -5.19. The lowest BCUT2D eigenvalue weighted by molar-refractivity contribution is -0.384. The molecule has 0 unspecified atom stereocenters. The molecule has 0 aliphatic carbocycles. The van der Waals surface area contributed by atoms with Gasteiger partial charge in [0.25, 0.3) is 15.7 Å². The molecule has 1 fully saturated rings. The Hall–Kier alpha value is -3.56. The lowest BCUT2D eigenvalue weighted by Crippen LogP contribution is -2.48. The standard InChI is InChI=1S/C20H18F6N4O5S/c1-12(31)28-4-6-29(7-5-28)18-11-16(2-3-17(18)30(32)33)36(34,35)27-15-9-13(19(21,22)23)8-14(10-15)20(24,25)26/h2-3,8-11,27H,4-7H2,1H3. The minimum Gasteiger partial charge on any atom is -0.362 e. The van der Waals surface area contributed by atoms with E-state index in [4.69, 9.17) is 0 Å². The first-order chi connectivity index (χ1) is 16.5. The van der Waals surface area contributed by atoms with Crippen LogP contribution in [0.4, 0.5) is 43.4 Å². The highest BCUT2D eigenvalue weighted by molar-refractivity contribution is 7.92. The molecule has 0 atom stereocenters. The molecule has 36 heavy (non-hydrogen) atoms. The number of carbonyl (C=O) groups is 1. The van der Waals surface area contributed by atoms with E-state index in [0.29, 0.717) is 0 Å². The van der Waals surface area contributed by atoms with Gasteiger partial charge in [0.15, 0.2) is 0 Å². The third-order valence-electron chi connectivity index (χ3n) is 5.36. The van der Waals surface area contributed by atoms with Crippen molar-refractivity contribution in [3.05, 3.63) is 57.6 Å². The summed E-state index contributed by atoms with van der Waals surface area (Å²) < 4.78 is 106. The first kappa shape index (κ1) is 27.0. The van der Waals surface area contributed by atoms with E-state index in [9.17, 15) is 49.7 Å². The highest BCUT2D eigenvalue weighted by Crippen LogP contribution is 2.38. The largest absolute Gasteiger partial charge is 0.416 e. The number of benzene rings is 2. The molecule has 1 amide bonds. The zero-order valence-electron chi connectivity index (χ0n) is 18.4. The number of sulfonamides is 1. The number of amides is 1. The Bertz CT molecular complexity index is 1260. The van der Waals surface area contributed by atoms with Crippen LogP contribution in [0.2, 0.25) is 0 Å². The second-order valence-electron chi connectivity index (χ2n) is 7.80. The molecule has 2 aromatic rings. The third kappa shape index (κ3) is 5.98. The van der Waals surface area contributed by atoms with Gasteiger partial charge in [0, 0.05) is 39.2 Å². The number of carbonyl (C=O) groups excluding carboxylic acids is 1. The van der Waals surface area contributed by atoms with E-state index in [1.54, 1.807) is 4.72 Å². The predicted octanol–water partition coefficient (Wildman–Crippen LogP) is 4.10. The Morgan fingerprint density at radius 1 is 0.944 bits per heavy atom. The number of nitrogens with one attached hydrogen (secondary N) is 1. The molecule has 0 aromatic heterocycles. The second-order valence-corrected chi connectivity index (χ2v) is 9.48. The minimum absolute atomic E-state index is 0.125. The third-order valence-corrected chi connectivity index (χ3v) is 6.74. The summed E-state index contributed by atoms with van der Waals surface area (Å²) in [6.45, 7) is 1.99. The van der Waals surface area contributed by atoms with E-state index >= 15 is 0 Å². The normalized spacial score (nSPS) is 15.1. The molecule has 16 heteroatoms. The van der Waals surface area contributed by atoms with Crippen LogP contribution in [0.3, 0.4) is 0 Å². The first-order valence-corrected chi connectivity index (χ1v) is 11.6. The molecule has 1 saturated heterocycles. The Morgan fingerprint density at radius 2 is 1.47 bits per heavy atom. The number of halogens is 6. The SMILES string of the molecule is CC(=O)N1CCN(c2cc(S(=O)(=O)Nc3cc(C(F)(F)F)cc(C(F)(F)F)c3)ccc2[N+](=O)[O-])CC1. The second kappa shape index (κ2) is 9.48. The fraction of sp³-hybridized carbons (Fsp3) is 0.350. The van der Waals surface area contributed by atoms with Crippen molar-refractivity contribution < 1.29 is 44.5 Å². The monoisotopic (exact) mass is 540 g/mol. The molecule has 0 radical (unpaired) electrons. The molecule has 2 aromatic carbocycles. The van der Waals surface area contributed by atoms with Gasteiger partial charge in [-0.25, -0.2) is 8.42 Å². The summed E-state index contributed by atoms with van der Waals surface area (Å²) in [6.07, 6.45) is -10.4. The summed E-state index contributed by atoms with van der Waals surface area (Å²) in [6, 6.07) is 2.85. The molecule has 1 heterocycles. The molecule has 1 aliphatic rings. The summed E-state index contributed by atoms with van der Waals surface area (Å²) in [4.78, 5) is 24.6. The maximum absolute atomic E-state index is 13.1. The van der Waals surface area contributed by atoms with Crippen molar-refractivity contribution >= 4 is 33.0 Å². The van der Waals surface area contributed by atoms with Gasteiger partial charge in [-0.05, 0) is 30.3 Å². The van der Waals surface area contributed by atoms with Gasteiger partial charge in [-0.2, -0.15) is 26.3 Å². The number of nitrogens with zero attached hydrogens (tertiary/aromatic N) is 3. The van der Waals surface area contributed by atoms with E-state index in [0.717, 1.165) is 18.2 Å². The average Bonchev–Trinajstić information content (AvgIpc) is 2.77. The van der Waals surface area contributed by atoms with Crippen LogP contribution in [0.5, 0.6) is 0 Å². The zero-order valence-corrected chi connectivity index (χ0v) is 19.2. The Balaban J connectivity index is 2.00. The van der Waals surface area contributed by atoms with Crippen LogP contribution in [0.25, 0.3) is 0 Å². The van der Waals surface area contributed by atoms with Gasteiger partial charge in [0.1, 0.15) is 5.69 Å². The van der Waals surface area contributed by atoms with E-state index in [1.165, 1.54) is 16.7 Å². The van der Waals surface area contributed by atoms with E-state index in [2.05, 4.69) is 0 Å². The number of hydrogen-bond donors (Lipinski definition) is 1. The average molecular weight is 540 g/mol. The highest BCUT2D eigenvalue weighted by Gasteiger charge is 2.37. The van der Waals surface area contributed by atoms with E-state index in [1.807, 2.05) is 0 Å². The van der Waals surface area contributed by atoms with Crippen LogP contribution >= 0.6 is 0 Å². The van der Waals surface area contributed by atoms with Crippen LogP contribution in [0, 0.1) is 10.1 Å². The van der Waals surface area contributed by atoms with E-state index in [-0.39, 0.29) is 56.0 Å². The van der Waals surface area contributed by atoms with Crippen LogP contribution in [0.1, 0.15) is 18.1 Å². The predicted molar refractivity (Wildman–Crippen MR) is 115 cm³/mol. The molecular formula is C20H18F6N4O5S. The van der Waals surface area contributed by atoms with Gasteiger partial charge in [-0.3, -0.25) is 19.6 Å². The Labute approximate surface area is 200 Å². The molecule has 0 spiro atoms. The number of piperazine rings is 1. The van der Waals surface area contributed by atoms with E-state index < -0.39 is 54.7 Å². The number of anilines is 2. The molecule has 3 rings (SSSR count). The lowest BCUT2D eigenvalue weighted by Gasteiger charge is -2.35. The smallest absolute Gasteiger partial charge is 0.362 e. The van der Waals surface area contributed by atoms with Gasteiger partial charge < -0.3 is 9.80 Å². The molecule has 9 nitrogen and oxygen atoms in total. The Kier molecular flexibility index (Phi) is 7.12. The molecule has 1 N–H and O–H groups in total. The van der Waals surface area contributed by atoms with Crippen LogP contribution in [-0.2, 0) is 27.2 Å². The zero-order chi connectivity index (χ0) is 27.1. The topological polar surface area (TPSA) is 113 Å². The number of nitro groups is 1. The molecule has 0 saturated carbocycles. The van der Waals surface area contributed by atoms with Gasteiger partial charge in [-0.1, -0.05) is 0 Å². The van der Waals surface area contributed by atoms with Crippen molar-refractivity contribution in [2.24, 2.45) is 0 Å². The van der Waals surface area contributed by atoms with Crippen molar-refractivity contribution in [3.8, 4) is 0 Å². The summed E-state index contributed by atoms with van der Waals surface area (Å²) in [5.74, 6) is -0.219. The summed E-state index contributed by atoms with van der Waals surface area (Å²) in [7, 11) is -4.76. The summed E-state index contributed by atoms with van der Waals surface area (Å²) in [5.41, 5.74) is -5.03. The summed E-state index contributed by atoms with van der Waals surface area (Å²) >= 11 is 0. The molecular weight excluding hydrogens is 522 g/mol. The number of alkyl halides is 6. The maximum Gasteiger partial charge on any atom is 0.416 e. The van der Waals surface area contributed by atoms with Gasteiger partial charge in [-0.15, -0.1) is 0 Å². The van der Waals surface area contributed by atoms with Crippen molar-refractivity contribution in [2.45, 2.75) is 24.2 Å². The van der Waals surface area contributed by atoms with Gasteiger partial charge in [0.05, 0.1) is 26.6 Å². The molecule has 0 bridgehead atoms. The fourth-order valence-electron chi connectivity index (χ4n) is 3.57. The number of rotatable bonds is 5. The van der Waals surface area contributed by atoms with Crippen molar-refractivity contribution in [3.63, 3.8) is 0 Å². The highest BCUT2D eigenvalue weighted by atomic mass is 32.2. The lowest BCUT2D eigenvalue weighted by atomic mass is 10.1. The fourth-order valence-corrected chi connectivity index (χ4v) is 4.63. The quantitative estimate of drug-likeness (QED) is 0.347. The first-order valence-electron chi connectivity index (χ1n) is 10.1. The van der Waals surface area contributed by atoms with Crippen molar-refractivity contribution in [1.29, 1.82) is 0 Å². The van der Waals surface area contributed by atoms with Gasteiger partial charge >= 0.3 is 12.4 Å². The van der Waals surface area contributed by atoms with Crippen LogP contribution in [0.15, 0.2) is 41.3 Å². The maximum atomic E-state index is 13.1. The number of hydrogen-bond acceptors (Lipinski definition) is 6. The summed E-state index contributed by atoms with van der Waals surface area (Å²) in [5, 5.41) is 11.5.